The van der Waals surface area contributed by atoms with Crippen LogP contribution in [-0.4, -0.2) is 34.1 Å². The van der Waals surface area contributed by atoms with Gasteiger partial charge < -0.3 is 10.1 Å². The SMILES string of the molecule is C/C=C\C.Cc1ncc2cc(-c3nccs3)c(OC3CCNCC3)cc2n1. The zero-order valence-corrected chi connectivity index (χ0v) is 16.9. The van der Waals surface area contributed by atoms with Gasteiger partial charge in [-0.1, -0.05) is 12.2 Å². The zero-order chi connectivity index (χ0) is 19.1. The summed E-state index contributed by atoms with van der Waals surface area (Å²) in [4.78, 5) is 13.3. The third-order valence-electron chi connectivity index (χ3n) is 4.38. The van der Waals surface area contributed by atoms with Gasteiger partial charge in [-0.15, -0.1) is 11.3 Å². The largest absolute Gasteiger partial charge is 0.490 e. The molecule has 5 nitrogen and oxygen atoms in total. The Hall–Kier alpha value is -2.31. The Morgan fingerprint density at radius 2 is 1.93 bits per heavy atom. The summed E-state index contributed by atoms with van der Waals surface area (Å²) in [6.45, 7) is 7.92. The predicted molar refractivity (Wildman–Crippen MR) is 112 cm³/mol. The summed E-state index contributed by atoms with van der Waals surface area (Å²) in [5, 5.41) is 7.34. The number of thiazole rings is 1. The van der Waals surface area contributed by atoms with E-state index in [-0.39, 0.29) is 6.10 Å². The maximum Gasteiger partial charge on any atom is 0.132 e. The maximum absolute atomic E-state index is 6.32. The summed E-state index contributed by atoms with van der Waals surface area (Å²) in [5.41, 5.74) is 1.94. The van der Waals surface area contributed by atoms with Gasteiger partial charge in [0.2, 0.25) is 0 Å². The number of nitrogens with zero attached hydrogens (tertiary/aromatic N) is 3. The molecule has 0 unspecified atom stereocenters. The van der Waals surface area contributed by atoms with Crippen LogP contribution >= 0.6 is 11.3 Å². The van der Waals surface area contributed by atoms with Crippen LogP contribution in [0.1, 0.15) is 32.5 Å². The van der Waals surface area contributed by atoms with E-state index in [2.05, 4.69) is 26.3 Å². The van der Waals surface area contributed by atoms with E-state index in [1.54, 1.807) is 11.3 Å². The number of piperidine rings is 1. The summed E-state index contributed by atoms with van der Waals surface area (Å²) < 4.78 is 6.32. The molecule has 0 spiro atoms. The smallest absolute Gasteiger partial charge is 0.132 e. The molecule has 0 atom stereocenters. The van der Waals surface area contributed by atoms with Gasteiger partial charge in [0, 0.05) is 29.2 Å². The van der Waals surface area contributed by atoms with E-state index >= 15 is 0 Å². The summed E-state index contributed by atoms with van der Waals surface area (Å²) in [6, 6.07) is 4.12. The van der Waals surface area contributed by atoms with Gasteiger partial charge in [-0.3, -0.25) is 0 Å². The summed E-state index contributed by atoms with van der Waals surface area (Å²) >= 11 is 1.62. The van der Waals surface area contributed by atoms with Crippen molar-refractivity contribution >= 4 is 22.2 Å². The third kappa shape index (κ3) is 5.11. The van der Waals surface area contributed by atoms with Gasteiger partial charge in [0.25, 0.3) is 0 Å². The Morgan fingerprint density at radius 1 is 1.15 bits per heavy atom. The van der Waals surface area contributed by atoms with E-state index in [4.69, 9.17) is 4.74 Å². The van der Waals surface area contributed by atoms with E-state index in [1.165, 1.54) is 0 Å². The number of aromatic nitrogens is 3. The molecule has 0 radical (unpaired) electrons. The molecule has 142 valence electrons. The van der Waals surface area contributed by atoms with Crippen molar-refractivity contribution in [3.8, 4) is 16.3 Å². The molecule has 27 heavy (non-hydrogen) atoms. The van der Waals surface area contributed by atoms with Crippen molar-refractivity contribution in [1.29, 1.82) is 0 Å². The Labute approximate surface area is 164 Å². The van der Waals surface area contributed by atoms with Crippen LogP contribution in [0.2, 0.25) is 0 Å². The molecule has 1 aliphatic heterocycles. The molecule has 1 aromatic carbocycles. The lowest BCUT2D eigenvalue weighted by atomic mass is 10.1. The highest BCUT2D eigenvalue weighted by Crippen LogP contribution is 2.36. The first-order valence-corrected chi connectivity index (χ1v) is 10.2. The highest BCUT2D eigenvalue weighted by atomic mass is 32.1. The van der Waals surface area contributed by atoms with E-state index < -0.39 is 0 Å². The predicted octanol–water partition coefficient (Wildman–Crippen LogP) is 4.77. The number of hydrogen-bond donors (Lipinski definition) is 1. The van der Waals surface area contributed by atoms with Crippen LogP contribution in [0.15, 0.2) is 42.1 Å². The van der Waals surface area contributed by atoms with Gasteiger partial charge in [-0.25, -0.2) is 15.0 Å². The third-order valence-corrected chi connectivity index (χ3v) is 5.18. The lowest BCUT2D eigenvalue weighted by Gasteiger charge is -2.25. The van der Waals surface area contributed by atoms with Crippen LogP contribution < -0.4 is 10.1 Å². The second-order valence-corrected chi connectivity index (χ2v) is 7.29. The number of fused-ring (bicyclic) bond motifs is 1. The minimum Gasteiger partial charge on any atom is -0.490 e. The van der Waals surface area contributed by atoms with Crippen LogP contribution in [0.3, 0.4) is 0 Å². The monoisotopic (exact) mass is 382 g/mol. The minimum absolute atomic E-state index is 0.246. The summed E-state index contributed by atoms with van der Waals surface area (Å²) in [5.74, 6) is 1.64. The number of benzene rings is 1. The summed E-state index contributed by atoms with van der Waals surface area (Å²) in [6.07, 6.45) is 9.99. The Bertz CT molecular complexity index is 883. The number of hydrogen-bond acceptors (Lipinski definition) is 6. The molecule has 0 saturated carbocycles. The first kappa shape index (κ1) is 19.5. The molecule has 1 aliphatic rings. The van der Waals surface area contributed by atoms with Gasteiger partial charge in [-0.2, -0.15) is 0 Å². The number of aryl methyl sites for hydroxylation is 1. The molecule has 1 fully saturated rings. The van der Waals surface area contributed by atoms with Gasteiger partial charge >= 0.3 is 0 Å². The normalized spacial score (nSPS) is 14.9. The molecule has 6 heteroatoms. The van der Waals surface area contributed by atoms with Crippen molar-refractivity contribution < 1.29 is 4.74 Å². The number of nitrogens with one attached hydrogen (secondary N) is 1. The van der Waals surface area contributed by atoms with Crippen LogP contribution in [0, 0.1) is 6.92 Å². The first-order chi connectivity index (χ1) is 13.2. The molecule has 0 aliphatic carbocycles. The van der Waals surface area contributed by atoms with Crippen LogP contribution in [-0.2, 0) is 0 Å². The molecular formula is C21H26N4OS. The average Bonchev–Trinajstić information content (AvgIpc) is 3.23. The fourth-order valence-corrected chi connectivity index (χ4v) is 3.52. The van der Waals surface area contributed by atoms with E-state index in [0.717, 1.165) is 59.0 Å². The van der Waals surface area contributed by atoms with Crippen molar-refractivity contribution in [3.63, 3.8) is 0 Å². The van der Waals surface area contributed by atoms with Crippen molar-refractivity contribution in [1.82, 2.24) is 20.3 Å². The van der Waals surface area contributed by atoms with Gasteiger partial charge in [0.1, 0.15) is 22.7 Å². The lowest BCUT2D eigenvalue weighted by Crippen LogP contribution is -2.34. The van der Waals surface area contributed by atoms with Crippen molar-refractivity contribution in [2.24, 2.45) is 0 Å². The summed E-state index contributed by atoms with van der Waals surface area (Å²) in [7, 11) is 0. The number of rotatable bonds is 3. The van der Waals surface area contributed by atoms with E-state index in [0.29, 0.717) is 0 Å². The molecule has 2 aromatic heterocycles. The molecule has 0 amide bonds. The Balaban J connectivity index is 0.000000481. The average molecular weight is 383 g/mol. The molecular weight excluding hydrogens is 356 g/mol. The van der Waals surface area contributed by atoms with Crippen LogP contribution in [0.25, 0.3) is 21.5 Å². The lowest BCUT2D eigenvalue weighted by molar-refractivity contribution is 0.163. The molecule has 3 heterocycles. The number of allylic oxidation sites excluding steroid dienone is 2. The molecule has 4 rings (SSSR count). The maximum atomic E-state index is 6.32. The first-order valence-electron chi connectivity index (χ1n) is 9.33. The molecule has 0 bridgehead atoms. The van der Waals surface area contributed by atoms with E-state index in [1.807, 2.05) is 56.8 Å². The van der Waals surface area contributed by atoms with Crippen molar-refractivity contribution in [2.75, 3.05) is 13.1 Å². The van der Waals surface area contributed by atoms with Crippen molar-refractivity contribution in [2.45, 2.75) is 39.7 Å². The molecule has 3 aromatic rings. The second-order valence-electron chi connectivity index (χ2n) is 6.40. The van der Waals surface area contributed by atoms with Crippen LogP contribution in [0.4, 0.5) is 0 Å². The van der Waals surface area contributed by atoms with Gasteiger partial charge in [-0.05, 0) is 52.8 Å². The number of ether oxygens (including phenoxy) is 1. The van der Waals surface area contributed by atoms with Crippen LogP contribution in [0.5, 0.6) is 5.75 Å². The highest BCUT2D eigenvalue weighted by molar-refractivity contribution is 7.13. The fraction of sp³-hybridized carbons (Fsp3) is 0.381. The Kier molecular flexibility index (Phi) is 6.90. The second kappa shape index (κ2) is 9.58. The molecule has 1 N–H and O–H groups in total. The highest BCUT2D eigenvalue weighted by Gasteiger charge is 2.18. The Morgan fingerprint density at radius 3 is 2.59 bits per heavy atom. The van der Waals surface area contributed by atoms with Gasteiger partial charge in [0.05, 0.1) is 11.1 Å². The zero-order valence-electron chi connectivity index (χ0n) is 16.1. The fourth-order valence-electron chi connectivity index (χ4n) is 2.87. The molecule has 1 saturated heterocycles. The van der Waals surface area contributed by atoms with Crippen molar-refractivity contribution in [3.05, 3.63) is 47.9 Å². The van der Waals surface area contributed by atoms with Gasteiger partial charge in [0.15, 0.2) is 0 Å². The topological polar surface area (TPSA) is 59.9 Å². The quantitative estimate of drug-likeness (QED) is 0.661. The minimum atomic E-state index is 0.246. The standard InChI is InChI=1S/C17H18N4OS.C4H8/c1-11-20-10-12-8-14(17-19-6-7-23-17)16(9-15(12)21-11)22-13-2-4-18-5-3-13;1-3-4-2/h6-10,13,18H,2-5H2,1H3;3-4H,1-2H3/b;4-3-. The van der Waals surface area contributed by atoms with E-state index in [9.17, 15) is 0 Å².